The number of nitrogens with zero attached hydrogens (tertiary/aromatic N) is 4. The Hall–Kier alpha value is -3.94. The molecule has 0 atom stereocenters. The Morgan fingerprint density at radius 3 is 2.67 bits per heavy atom. The summed E-state index contributed by atoms with van der Waals surface area (Å²) in [7, 11) is 1.61. The number of carbonyl (C=O) groups is 1. The standard InChI is InChI=1S/C25H28N6O2/c1-3-4-5-8-14-27-25(32)21-22-24(30-20-13-7-6-12-19(20)29-22)31(23(21)26)28-16-17-10-9-11-18(15-17)33-2/h6-7,9-13,15-16H,3-5,8,14,26H2,1-2H3,(H,27,32)/b28-16-. The van der Waals surface area contributed by atoms with Gasteiger partial charge in [-0.3, -0.25) is 4.79 Å². The molecular weight excluding hydrogens is 416 g/mol. The summed E-state index contributed by atoms with van der Waals surface area (Å²) < 4.78 is 6.75. The third-order valence-corrected chi connectivity index (χ3v) is 5.43. The van der Waals surface area contributed by atoms with Gasteiger partial charge in [0, 0.05) is 6.54 Å². The number of carbonyl (C=O) groups excluding carboxylic acids is 1. The fourth-order valence-electron chi connectivity index (χ4n) is 3.68. The molecule has 2 aromatic carbocycles. The lowest BCUT2D eigenvalue weighted by atomic mass is 10.2. The summed E-state index contributed by atoms with van der Waals surface area (Å²) in [6, 6.07) is 15.0. The lowest BCUT2D eigenvalue weighted by molar-refractivity contribution is 0.0955. The smallest absolute Gasteiger partial charge is 0.257 e. The van der Waals surface area contributed by atoms with E-state index in [9.17, 15) is 4.79 Å². The maximum atomic E-state index is 13.1. The fraction of sp³-hybridized carbons (Fsp3) is 0.280. The molecule has 0 aliphatic heterocycles. The van der Waals surface area contributed by atoms with E-state index in [0.717, 1.165) is 37.0 Å². The van der Waals surface area contributed by atoms with E-state index in [4.69, 9.17) is 20.4 Å². The van der Waals surface area contributed by atoms with Gasteiger partial charge >= 0.3 is 0 Å². The Kier molecular flexibility index (Phi) is 6.83. The summed E-state index contributed by atoms with van der Waals surface area (Å²) in [5, 5.41) is 7.51. The molecule has 3 N–H and O–H groups in total. The molecule has 0 spiro atoms. The molecule has 0 saturated carbocycles. The SMILES string of the molecule is CCCCCCNC(=O)c1c(N)n(/N=C\c2cccc(OC)c2)c2nc3ccccc3nc12. The van der Waals surface area contributed by atoms with Gasteiger partial charge in [0.05, 0.1) is 24.4 Å². The summed E-state index contributed by atoms with van der Waals surface area (Å²) in [6.07, 6.45) is 5.93. The molecule has 8 heteroatoms. The molecule has 0 saturated heterocycles. The number of methoxy groups -OCH3 is 1. The molecule has 0 radical (unpaired) electrons. The number of nitrogen functional groups attached to an aromatic ring is 1. The molecule has 170 valence electrons. The van der Waals surface area contributed by atoms with Crippen molar-refractivity contribution in [2.24, 2.45) is 5.10 Å². The summed E-state index contributed by atoms with van der Waals surface area (Å²) >= 11 is 0. The minimum Gasteiger partial charge on any atom is -0.497 e. The van der Waals surface area contributed by atoms with Gasteiger partial charge in [-0.25, -0.2) is 9.97 Å². The Morgan fingerprint density at radius 2 is 1.91 bits per heavy atom. The number of benzene rings is 2. The molecule has 0 aliphatic carbocycles. The van der Waals surface area contributed by atoms with E-state index in [1.54, 1.807) is 13.3 Å². The van der Waals surface area contributed by atoms with Crippen molar-refractivity contribution in [1.29, 1.82) is 0 Å². The minimum atomic E-state index is -0.270. The van der Waals surface area contributed by atoms with E-state index in [0.29, 0.717) is 34.3 Å². The maximum absolute atomic E-state index is 13.1. The number of para-hydroxylation sites is 2. The van der Waals surface area contributed by atoms with Crippen LogP contribution in [0.25, 0.3) is 22.2 Å². The van der Waals surface area contributed by atoms with Gasteiger partial charge in [0.2, 0.25) is 0 Å². The number of ether oxygens (including phenoxy) is 1. The van der Waals surface area contributed by atoms with Gasteiger partial charge < -0.3 is 15.8 Å². The topological polar surface area (TPSA) is 107 Å². The molecule has 1 amide bonds. The number of fused-ring (bicyclic) bond motifs is 2. The van der Waals surface area contributed by atoms with Crippen LogP contribution in [-0.4, -0.2) is 40.4 Å². The summed E-state index contributed by atoms with van der Waals surface area (Å²) in [4.78, 5) is 22.5. The van der Waals surface area contributed by atoms with E-state index < -0.39 is 0 Å². The highest BCUT2D eigenvalue weighted by Crippen LogP contribution is 2.28. The summed E-state index contributed by atoms with van der Waals surface area (Å²) in [6.45, 7) is 2.74. The highest BCUT2D eigenvalue weighted by atomic mass is 16.5. The summed E-state index contributed by atoms with van der Waals surface area (Å²) in [5.74, 6) is 0.651. The monoisotopic (exact) mass is 444 g/mol. The molecule has 0 aliphatic rings. The average molecular weight is 445 g/mol. The van der Waals surface area contributed by atoms with Crippen LogP contribution in [0.2, 0.25) is 0 Å². The molecule has 0 unspecified atom stereocenters. The minimum absolute atomic E-state index is 0.200. The van der Waals surface area contributed by atoms with Crippen LogP contribution in [0.15, 0.2) is 53.6 Å². The Morgan fingerprint density at radius 1 is 1.12 bits per heavy atom. The predicted molar refractivity (Wildman–Crippen MR) is 132 cm³/mol. The predicted octanol–water partition coefficient (Wildman–Crippen LogP) is 4.37. The number of amides is 1. The number of aromatic nitrogens is 3. The quantitative estimate of drug-likeness (QED) is 0.294. The number of nitrogens with one attached hydrogen (secondary N) is 1. The average Bonchev–Trinajstić information content (AvgIpc) is 3.11. The molecule has 4 aromatic rings. The second-order valence-electron chi connectivity index (χ2n) is 7.79. The zero-order valence-corrected chi connectivity index (χ0v) is 18.9. The first kappa shape index (κ1) is 22.3. The Bertz CT molecular complexity index is 1310. The third-order valence-electron chi connectivity index (χ3n) is 5.43. The van der Waals surface area contributed by atoms with Crippen molar-refractivity contribution in [3.05, 3.63) is 59.7 Å². The van der Waals surface area contributed by atoms with Crippen LogP contribution in [0.3, 0.4) is 0 Å². The molecule has 0 fully saturated rings. The van der Waals surface area contributed by atoms with E-state index in [2.05, 4.69) is 17.3 Å². The highest BCUT2D eigenvalue weighted by molar-refractivity contribution is 6.10. The van der Waals surface area contributed by atoms with Gasteiger partial charge in [-0.2, -0.15) is 9.78 Å². The second kappa shape index (κ2) is 10.1. The lowest BCUT2D eigenvalue weighted by Crippen LogP contribution is -2.25. The number of hydrogen-bond acceptors (Lipinski definition) is 6. The van der Waals surface area contributed by atoms with Crippen LogP contribution >= 0.6 is 0 Å². The molecule has 2 aromatic heterocycles. The zero-order chi connectivity index (χ0) is 23.2. The first-order valence-electron chi connectivity index (χ1n) is 11.2. The number of rotatable bonds is 9. The van der Waals surface area contributed by atoms with Crippen molar-refractivity contribution < 1.29 is 9.53 Å². The third kappa shape index (κ3) is 4.79. The van der Waals surface area contributed by atoms with Crippen molar-refractivity contribution in [3.63, 3.8) is 0 Å². The number of unbranched alkanes of at least 4 members (excludes halogenated alkanes) is 3. The van der Waals surface area contributed by atoms with Crippen molar-refractivity contribution in [2.45, 2.75) is 32.6 Å². The van der Waals surface area contributed by atoms with Crippen LogP contribution in [0, 0.1) is 0 Å². The van der Waals surface area contributed by atoms with Gasteiger partial charge in [0.1, 0.15) is 22.6 Å². The maximum Gasteiger partial charge on any atom is 0.257 e. The highest BCUT2D eigenvalue weighted by Gasteiger charge is 2.23. The van der Waals surface area contributed by atoms with Gasteiger partial charge in [-0.05, 0) is 36.2 Å². The van der Waals surface area contributed by atoms with Crippen molar-refractivity contribution >= 4 is 40.1 Å². The molecule has 4 rings (SSSR count). The van der Waals surface area contributed by atoms with Gasteiger partial charge in [-0.15, -0.1) is 0 Å². The van der Waals surface area contributed by atoms with E-state index in [-0.39, 0.29) is 11.7 Å². The number of nitrogens with two attached hydrogens (primary N) is 1. The molecule has 0 bridgehead atoms. The first-order valence-corrected chi connectivity index (χ1v) is 11.2. The van der Waals surface area contributed by atoms with Crippen molar-refractivity contribution in [2.75, 3.05) is 19.4 Å². The zero-order valence-electron chi connectivity index (χ0n) is 18.9. The van der Waals surface area contributed by atoms with Crippen LogP contribution in [0.4, 0.5) is 5.82 Å². The van der Waals surface area contributed by atoms with Gasteiger partial charge in [0.15, 0.2) is 5.65 Å². The van der Waals surface area contributed by atoms with Crippen LogP contribution in [0.1, 0.15) is 48.5 Å². The van der Waals surface area contributed by atoms with Crippen molar-refractivity contribution in [3.8, 4) is 5.75 Å². The van der Waals surface area contributed by atoms with Crippen LogP contribution in [0.5, 0.6) is 5.75 Å². The van der Waals surface area contributed by atoms with E-state index in [1.165, 1.54) is 4.68 Å². The number of anilines is 1. The molecule has 33 heavy (non-hydrogen) atoms. The molecule has 2 heterocycles. The Labute approximate surface area is 192 Å². The van der Waals surface area contributed by atoms with E-state index in [1.807, 2.05) is 48.5 Å². The van der Waals surface area contributed by atoms with E-state index >= 15 is 0 Å². The largest absolute Gasteiger partial charge is 0.497 e. The normalized spacial score (nSPS) is 11.5. The molecular formula is C25H28N6O2. The summed E-state index contributed by atoms with van der Waals surface area (Å²) in [5.41, 5.74) is 9.81. The second-order valence-corrected chi connectivity index (χ2v) is 7.79. The fourth-order valence-corrected chi connectivity index (χ4v) is 3.68. The van der Waals surface area contributed by atoms with Crippen LogP contribution < -0.4 is 15.8 Å². The van der Waals surface area contributed by atoms with Crippen LogP contribution in [-0.2, 0) is 0 Å². The number of hydrogen-bond donors (Lipinski definition) is 2. The van der Waals surface area contributed by atoms with Crippen molar-refractivity contribution in [1.82, 2.24) is 20.0 Å². The Balaban J connectivity index is 1.75. The first-order chi connectivity index (χ1) is 16.1. The van der Waals surface area contributed by atoms with Gasteiger partial charge in [0.25, 0.3) is 5.91 Å². The lowest BCUT2D eigenvalue weighted by Gasteiger charge is -2.05. The molecule has 8 nitrogen and oxygen atoms in total. The van der Waals surface area contributed by atoms with Gasteiger partial charge in [-0.1, -0.05) is 50.5 Å².